The average molecular weight is 658 g/mol. The number of aliphatic carboxylic acids is 4. The first-order valence-electron chi connectivity index (χ1n) is 13.4. The summed E-state index contributed by atoms with van der Waals surface area (Å²) in [6.45, 7) is -2.55. The SMILES string of the molecule is O=C(O)CN(CC(=O)O)Cc1cc(-c2ccc(NC(=O)CCSSc3ccccn3)cc2)cc(CN(CC(=O)O)CC(=O)O)n1. The zero-order valence-electron chi connectivity index (χ0n) is 23.9. The van der Waals surface area contributed by atoms with Gasteiger partial charge in [0.1, 0.15) is 5.03 Å². The summed E-state index contributed by atoms with van der Waals surface area (Å²) in [6.07, 6.45) is 1.99. The molecule has 0 bridgehead atoms. The highest BCUT2D eigenvalue weighted by Gasteiger charge is 2.19. The molecule has 45 heavy (non-hydrogen) atoms. The van der Waals surface area contributed by atoms with Crippen molar-refractivity contribution >= 4 is 57.1 Å². The topological polar surface area (TPSA) is 211 Å². The van der Waals surface area contributed by atoms with E-state index < -0.39 is 50.1 Å². The predicted molar refractivity (Wildman–Crippen MR) is 167 cm³/mol. The molecule has 1 aromatic carbocycles. The molecule has 238 valence electrons. The maximum Gasteiger partial charge on any atom is 0.317 e. The van der Waals surface area contributed by atoms with E-state index in [1.165, 1.54) is 31.4 Å². The van der Waals surface area contributed by atoms with Crippen LogP contribution in [0.15, 0.2) is 65.8 Å². The fourth-order valence-corrected chi connectivity index (χ4v) is 6.01. The van der Waals surface area contributed by atoms with Crippen LogP contribution in [0.2, 0.25) is 0 Å². The number of amides is 1. The quantitative estimate of drug-likeness (QED) is 0.0927. The second kappa shape index (κ2) is 17.7. The predicted octanol–water partition coefficient (Wildman–Crippen LogP) is 2.86. The first kappa shape index (κ1) is 35.0. The molecule has 14 nitrogen and oxygen atoms in total. The lowest BCUT2D eigenvalue weighted by atomic mass is 10.0. The molecular formula is C29H31N5O9S2. The molecule has 0 saturated heterocycles. The summed E-state index contributed by atoms with van der Waals surface area (Å²) < 4.78 is 0. The number of hydrogen-bond acceptors (Lipinski definition) is 11. The van der Waals surface area contributed by atoms with Gasteiger partial charge in [-0.2, -0.15) is 0 Å². The summed E-state index contributed by atoms with van der Waals surface area (Å²) in [6, 6.07) is 15.8. The number of benzene rings is 1. The summed E-state index contributed by atoms with van der Waals surface area (Å²) in [4.78, 5) is 68.7. The Balaban J connectivity index is 1.77. The molecule has 2 aromatic heterocycles. The number of carbonyl (C=O) groups excluding carboxylic acids is 1. The van der Waals surface area contributed by atoms with Gasteiger partial charge >= 0.3 is 23.9 Å². The van der Waals surface area contributed by atoms with Crippen molar-refractivity contribution in [1.29, 1.82) is 0 Å². The molecule has 1 amide bonds. The Labute approximate surface area is 265 Å². The Bertz CT molecular complexity index is 1400. The van der Waals surface area contributed by atoms with Crippen molar-refractivity contribution in [2.45, 2.75) is 24.5 Å². The van der Waals surface area contributed by atoms with Gasteiger partial charge in [0.25, 0.3) is 0 Å². The second-order valence-electron chi connectivity index (χ2n) is 9.65. The maximum atomic E-state index is 12.4. The lowest BCUT2D eigenvalue weighted by molar-refractivity contribution is -0.144. The maximum absolute atomic E-state index is 12.4. The summed E-state index contributed by atoms with van der Waals surface area (Å²) >= 11 is 0. The van der Waals surface area contributed by atoms with Crippen molar-refractivity contribution in [2.24, 2.45) is 0 Å². The van der Waals surface area contributed by atoms with Crippen LogP contribution in [0.3, 0.4) is 0 Å². The van der Waals surface area contributed by atoms with Gasteiger partial charge in [-0.05, 0) is 58.3 Å². The Kier molecular flexibility index (Phi) is 13.8. The summed E-state index contributed by atoms with van der Waals surface area (Å²) in [5.41, 5.74) is 2.42. The number of nitrogens with zero attached hydrogens (tertiary/aromatic N) is 4. The molecule has 16 heteroatoms. The van der Waals surface area contributed by atoms with Gasteiger partial charge in [0.05, 0.1) is 37.6 Å². The zero-order chi connectivity index (χ0) is 32.8. The third kappa shape index (κ3) is 13.3. The number of hydrogen-bond donors (Lipinski definition) is 5. The minimum absolute atomic E-state index is 0.151. The first-order valence-corrected chi connectivity index (χ1v) is 15.7. The van der Waals surface area contributed by atoms with Gasteiger partial charge in [0, 0.05) is 37.1 Å². The number of carboxylic acids is 4. The highest BCUT2D eigenvalue weighted by Crippen LogP contribution is 2.29. The van der Waals surface area contributed by atoms with E-state index in [0.29, 0.717) is 34.0 Å². The molecule has 5 N–H and O–H groups in total. The first-order chi connectivity index (χ1) is 21.5. The average Bonchev–Trinajstić information content (AvgIpc) is 2.95. The van der Waals surface area contributed by atoms with E-state index in [4.69, 9.17) is 0 Å². The van der Waals surface area contributed by atoms with E-state index in [9.17, 15) is 44.4 Å². The molecule has 0 aliphatic carbocycles. The van der Waals surface area contributed by atoms with E-state index in [1.54, 1.807) is 42.6 Å². The fourth-order valence-electron chi connectivity index (χ4n) is 4.14. The van der Waals surface area contributed by atoms with E-state index in [0.717, 1.165) is 5.03 Å². The Morgan fingerprint density at radius 3 is 1.71 bits per heavy atom. The molecule has 0 radical (unpaired) electrons. The van der Waals surface area contributed by atoms with Gasteiger partial charge in [0.15, 0.2) is 0 Å². The Morgan fingerprint density at radius 1 is 0.711 bits per heavy atom. The van der Waals surface area contributed by atoms with Crippen LogP contribution in [0, 0.1) is 0 Å². The van der Waals surface area contributed by atoms with Crippen LogP contribution in [-0.4, -0.2) is 102 Å². The van der Waals surface area contributed by atoms with Crippen LogP contribution >= 0.6 is 21.6 Å². The summed E-state index contributed by atoms with van der Waals surface area (Å²) in [5, 5.41) is 40.6. The lowest BCUT2D eigenvalue weighted by Crippen LogP contribution is -2.35. The van der Waals surface area contributed by atoms with E-state index in [1.807, 2.05) is 18.2 Å². The summed E-state index contributed by atoms with van der Waals surface area (Å²) in [7, 11) is 3.01. The monoisotopic (exact) mass is 657 g/mol. The number of carboxylic acid groups (broad SMARTS) is 4. The highest BCUT2D eigenvalue weighted by atomic mass is 33.1. The number of carbonyl (C=O) groups is 5. The Hall–Kier alpha value is -4.51. The minimum Gasteiger partial charge on any atom is -0.480 e. The normalized spacial score (nSPS) is 11.0. The van der Waals surface area contributed by atoms with E-state index >= 15 is 0 Å². The molecule has 3 rings (SSSR count). The van der Waals surface area contributed by atoms with Gasteiger partial charge in [0.2, 0.25) is 5.91 Å². The minimum atomic E-state index is -1.23. The molecule has 0 fully saturated rings. The number of pyridine rings is 2. The molecular weight excluding hydrogens is 626 g/mol. The number of rotatable bonds is 19. The van der Waals surface area contributed by atoms with Crippen molar-refractivity contribution in [1.82, 2.24) is 19.8 Å². The van der Waals surface area contributed by atoms with Crippen molar-refractivity contribution in [3.63, 3.8) is 0 Å². The van der Waals surface area contributed by atoms with E-state index in [2.05, 4.69) is 15.3 Å². The van der Waals surface area contributed by atoms with Crippen LogP contribution < -0.4 is 5.32 Å². The standard InChI is InChI=1S/C29H31N5O9S2/c35-24(8-10-44-45-25-3-1-2-9-30-25)32-21-6-4-19(5-7-21)20-11-22(13-33(15-26(36)37)16-27(38)39)31-23(12-20)14-34(17-28(40)41)18-29(42)43/h1-7,9,11-12H,8,10,13-18H2,(H,32,35)(H,36,37)(H,38,39)(H,40,41)(H,42,43). The molecule has 2 heterocycles. The Morgan fingerprint density at radius 2 is 1.24 bits per heavy atom. The fraction of sp³-hybridized carbons (Fsp3) is 0.276. The third-order valence-corrected chi connectivity index (χ3v) is 8.10. The smallest absolute Gasteiger partial charge is 0.317 e. The van der Waals surface area contributed by atoms with Crippen molar-refractivity contribution in [3.05, 3.63) is 72.2 Å². The molecule has 0 aliphatic rings. The second-order valence-corrected chi connectivity index (χ2v) is 12.1. The molecule has 0 saturated carbocycles. The summed E-state index contributed by atoms with van der Waals surface area (Å²) in [5.74, 6) is -4.51. The van der Waals surface area contributed by atoms with Crippen LogP contribution in [0.25, 0.3) is 11.1 Å². The van der Waals surface area contributed by atoms with Gasteiger partial charge < -0.3 is 25.7 Å². The van der Waals surface area contributed by atoms with Crippen LogP contribution in [-0.2, 0) is 37.1 Å². The van der Waals surface area contributed by atoms with Crippen molar-refractivity contribution in [2.75, 3.05) is 37.2 Å². The molecule has 3 aromatic rings. The number of nitrogens with one attached hydrogen (secondary N) is 1. The largest absolute Gasteiger partial charge is 0.480 e. The molecule has 0 unspecified atom stereocenters. The van der Waals surface area contributed by atoms with Gasteiger partial charge in [-0.3, -0.25) is 38.8 Å². The van der Waals surface area contributed by atoms with Crippen LogP contribution in [0.1, 0.15) is 17.8 Å². The number of anilines is 1. The molecule has 0 spiro atoms. The van der Waals surface area contributed by atoms with Gasteiger partial charge in [-0.25, -0.2) is 4.98 Å². The lowest BCUT2D eigenvalue weighted by Gasteiger charge is -2.21. The van der Waals surface area contributed by atoms with Crippen molar-refractivity contribution < 1.29 is 44.4 Å². The third-order valence-electron chi connectivity index (χ3n) is 5.83. The van der Waals surface area contributed by atoms with Crippen LogP contribution in [0.5, 0.6) is 0 Å². The molecule has 0 atom stereocenters. The van der Waals surface area contributed by atoms with Crippen molar-refractivity contribution in [3.8, 4) is 11.1 Å². The zero-order valence-corrected chi connectivity index (χ0v) is 25.5. The number of aromatic nitrogens is 2. The van der Waals surface area contributed by atoms with Gasteiger partial charge in [-0.15, -0.1) is 0 Å². The van der Waals surface area contributed by atoms with Crippen LogP contribution in [0.4, 0.5) is 5.69 Å². The van der Waals surface area contributed by atoms with Gasteiger partial charge in [-0.1, -0.05) is 29.0 Å². The van der Waals surface area contributed by atoms with E-state index in [-0.39, 0.29) is 25.4 Å². The molecule has 0 aliphatic heterocycles. The highest BCUT2D eigenvalue weighted by molar-refractivity contribution is 8.76.